The van der Waals surface area contributed by atoms with Crippen molar-refractivity contribution >= 4 is 43.7 Å². The van der Waals surface area contributed by atoms with Crippen molar-refractivity contribution in [2.45, 2.75) is 26.2 Å². The molecule has 0 radical (unpaired) electrons. The van der Waals surface area contributed by atoms with E-state index >= 15 is 0 Å². The number of nitrogens with zero attached hydrogens (tertiary/aromatic N) is 1. The molecule has 0 aliphatic heterocycles. The number of nitrogen functional groups attached to an aromatic ring is 1. The number of carbonyl (C=O) groups excluding carboxylic acids is 1. The molecule has 3 heterocycles. The van der Waals surface area contributed by atoms with Crippen molar-refractivity contribution in [3.63, 3.8) is 0 Å². The monoisotopic (exact) mass is 595 g/mol. The molecule has 0 bridgehead atoms. The molecular weight excluding hydrogens is 576 g/mol. The lowest BCUT2D eigenvalue weighted by Gasteiger charge is -2.09. The smallest absolute Gasteiger partial charge is 0.390 e. The summed E-state index contributed by atoms with van der Waals surface area (Å²) in [6.07, 6.45) is -8.89. The Balaban J connectivity index is 0.000000186. The minimum absolute atomic E-state index is 0.0145. The molecule has 208 valence electrons. The average molecular weight is 596 g/mol. The van der Waals surface area contributed by atoms with Gasteiger partial charge in [-0.3, -0.25) is 4.79 Å². The SMILES string of the molecule is Cc1cc(C(=O)c2cccc(C(F)(F)F)c2)c(N)s1.Cc1cc2c(-c3cccc(C(F)(F)F)c3)[nH]c(=O)nc2s1. The van der Waals surface area contributed by atoms with Crippen LogP contribution in [0, 0.1) is 13.8 Å². The van der Waals surface area contributed by atoms with Gasteiger partial charge in [0.05, 0.1) is 27.4 Å². The fourth-order valence-corrected chi connectivity index (χ4v) is 5.51. The highest BCUT2D eigenvalue weighted by atomic mass is 32.1. The third-order valence-corrected chi connectivity index (χ3v) is 7.42. The number of hydrogen-bond donors (Lipinski definition) is 2. The number of rotatable bonds is 3. The zero-order valence-electron chi connectivity index (χ0n) is 20.7. The van der Waals surface area contributed by atoms with Crippen molar-refractivity contribution < 1.29 is 31.1 Å². The van der Waals surface area contributed by atoms with E-state index in [0.717, 1.165) is 34.0 Å². The number of benzene rings is 2. The summed E-state index contributed by atoms with van der Waals surface area (Å²) >= 11 is 2.57. The number of aryl methyl sites for hydroxylation is 2. The maximum absolute atomic E-state index is 12.8. The Kier molecular flexibility index (Phi) is 7.90. The Morgan fingerprint density at radius 3 is 2.05 bits per heavy atom. The summed E-state index contributed by atoms with van der Waals surface area (Å²) in [5.41, 5.74) is 4.42. The molecule has 13 heteroatoms. The van der Waals surface area contributed by atoms with Gasteiger partial charge in [0.2, 0.25) is 0 Å². The number of aromatic amines is 1. The lowest BCUT2D eigenvalue weighted by Crippen LogP contribution is -2.11. The Morgan fingerprint density at radius 1 is 0.850 bits per heavy atom. The van der Waals surface area contributed by atoms with Crippen LogP contribution in [-0.4, -0.2) is 15.8 Å². The van der Waals surface area contributed by atoms with Gasteiger partial charge in [0.15, 0.2) is 5.78 Å². The quantitative estimate of drug-likeness (QED) is 0.164. The maximum atomic E-state index is 12.8. The van der Waals surface area contributed by atoms with Gasteiger partial charge in [0.25, 0.3) is 0 Å². The first-order valence-electron chi connectivity index (χ1n) is 11.4. The third-order valence-electron chi connectivity index (χ3n) is 5.60. The Hall–Kier alpha value is -3.97. The van der Waals surface area contributed by atoms with E-state index in [2.05, 4.69) is 9.97 Å². The zero-order valence-corrected chi connectivity index (χ0v) is 22.3. The number of halogens is 6. The highest BCUT2D eigenvalue weighted by Crippen LogP contribution is 2.35. The van der Waals surface area contributed by atoms with E-state index in [1.165, 1.54) is 46.9 Å². The highest BCUT2D eigenvalue weighted by molar-refractivity contribution is 7.18. The average Bonchev–Trinajstić information content (AvgIpc) is 3.42. The van der Waals surface area contributed by atoms with Gasteiger partial charge in [-0.15, -0.1) is 22.7 Å². The van der Waals surface area contributed by atoms with E-state index in [-0.39, 0.29) is 11.1 Å². The number of nitrogens with two attached hydrogens (primary N) is 1. The number of nitrogens with one attached hydrogen (secondary N) is 1. The van der Waals surface area contributed by atoms with Crippen LogP contribution < -0.4 is 11.4 Å². The second-order valence-electron chi connectivity index (χ2n) is 8.61. The molecule has 0 amide bonds. The van der Waals surface area contributed by atoms with Crippen LogP contribution in [0.25, 0.3) is 21.5 Å². The van der Waals surface area contributed by atoms with Crippen LogP contribution in [0.3, 0.4) is 0 Å². The molecule has 5 aromatic rings. The first-order valence-corrected chi connectivity index (χ1v) is 13.0. The van der Waals surface area contributed by atoms with Gasteiger partial charge >= 0.3 is 18.0 Å². The number of H-pyrrole nitrogens is 1. The van der Waals surface area contributed by atoms with Gasteiger partial charge < -0.3 is 10.7 Å². The van der Waals surface area contributed by atoms with Crippen LogP contribution in [0.5, 0.6) is 0 Å². The second-order valence-corrected chi connectivity index (χ2v) is 11.1. The number of carbonyl (C=O) groups is 1. The molecule has 3 N–H and O–H groups in total. The summed E-state index contributed by atoms with van der Waals surface area (Å²) < 4.78 is 76.1. The van der Waals surface area contributed by atoms with E-state index < -0.39 is 35.0 Å². The van der Waals surface area contributed by atoms with E-state index in [9.17, 15) is 35.9 Å². The van der Waals surface area contributed by atoms with Crippen molar-refractivity contribution in [2.75, 3.05) is 5.73 Å². The molecule has 0 fully saturated rings. The molecule has 0 saturated carbocycles. The number of aromatic nitrogens is 2. The van der Waals surface area contributed by atoms with Crippen LogP contribution in [0.2, 0.25) is 0 Å². The molecule has 5 rings (SSSR count). The van der Waals surface area contributed by atoms with Crippen molar-refractivity contribution in [3.05, 3.63) is 103 Å². The van der Waals surface area contributed by atoms with Gasteiger partial charge in [-0.1, -0.05) is 24.3 Å². The molecule has 0 aliphatic rings. The summed E-state index contributed by atoms with van der Waals surface area (Å²) in [4.78, 5) is 32.4. The Morgan fingerprint density at radius 2 is 1.45 bits per heavy atom. The molecule has 0 spiro atoms. The molecule has 0 atom stereocenters. The largest absolute Gasteiger partial charge is 0.416 e. The summed E-state index contributed by atoms with van der Waals surface area (Å²) in [5, 5.41) is 0.969. The first kappa shape index (κ1) is 29.0. The maximum Gasteiger partial charge on any atom is 0.416 e. The Bertz CT molecular complexity index is 1770. The molecule has 2 aromatic carbocycles. The van der Waals surface area contributed by atoms with Crippen molar-refractivity contribution in [2.24, 2.45) is 0 Å². The molecule has 3 aromatic heterocycles. The normalized spacial score (nSPS) is 11.8. The molecule has 40 heavy (non-hydrogen) atoms. The number of fused-ring (bicyclic) bond motifs is 1. The number of thiophene rings is 2. The summed E-state index contributed by atoms with van der Waals surface area (Å²) in [6.45, 7) is 3.64. The summed E-state index contributed by atoms with van der Waals surface area (Å²) in [7, 11) is 0. The minimum Gasteiger partial charge on any atom is -0.390 e. The Labute approximate surface area is 230 Å². The van der Waals surface area contributed by atoms with Crippen LogP contribution >= 0.6 is 22.7 Å². The first-order chi connectivity index (χ1) is 18.6. The fourth-order valence-electron chi connectivity index (χ4n) is 3.84. The van der Waals surface area contributed by atoms with Crippen LogP contribution in [0.4, 0.5) is 31.3 Å². The van der Waals surface area contributed by atoms with Gasteiger partial charge in [-0.25, -0.2) is 4.79 Å². The van der Waals surface area contributed by atoms with Gasteiger partial charge in [-0.05, 0) is 55.8 Å². The summed E-state index contributed by atoms with van der Waals surface area (Å²) in [6, 6.07) is 12.6. The highest BCUT2D eigenvalue weighted by Gasteiger charge is 2.32. The molecule has 5 nitrogen and oxygen atoms in total. The fraction of sp³-hybridized carbons (Fsp3) is 0.148. The topological polar surface area (TPSA) is 88.8 Å². The lowest BCUT2D eigenvalue weighted by atomic mass is 10.0. The number of alkyl halides is 6. The van der Waals surface area contributed by atoms with Gasteiger partial charge in [0, 0.05) is 20.7 Å². The molecule has 0 saturated heterocycles. The molecule has 0 aliphatic carbocycles. The number of ketones is 1. The van der Waals surface area contributed by atoms with Crippen molar-refractivity contribution in [3.8, 4) is 11.3 Å². The van der Waals surface area contributed by atoms with E-state index in [1.54, 1.807) is 19.1 Å². The van der Waals surface area contributed by atoms with Crippen molar-refractivity contribution in [1.29, 1.82) is 0 Å². The second kappa shape index (κ2) is 10.9. The van der Waals surface area contributed by atoms with Gasteiger partial charge in [0.1, 0.15) is 4.83 Å². The van der Waals surface area contributed by atoms with E-state index in [0.29, 0.717) is 26.5 Å². The lowest BCUT2D eigenvalue weighted by molar-refractivity contribution is -0.138. The standard InChI is InChI=1S/C14H9F3N2OS.C13H10F3NOS/c1-7-5-10-11(18-13(20)19-12(10)21-7)8-3-2-4-9(6-8)14(15,16)17;1-7-5-10(12(17)19-7)11(18)8-3-2-4-9(6-8)13(14,15)16/h2-6H,1H3,(H,18,19,20);2-6H,17H2,1H3. The van der Waals surface area contributed by atoms with Gasteiger partial charge in [-0.2, -0.15) is 31.3 Å². The van der Waals surface area contributed by atoms with Crippen LogP contribution in [-0.2, 0) is 12.4 Å². The third kappa shape index (κ3) is 6.42. The number of anilines is 1. The predicted octanol–water partition coefficient (Wildman–Crippen LogP) is 7.87. The van der Waals surface area contributed by atoms with Crippen LogP contribution in [0.15, 0.2) is 65.5 Å². The number of hydrogen-bond acceptors (Lipinski definition) is 6. The van der Waals surface area contributed by atoms with Crippen LogP contribution in [0.1, 0.15) is 36.8 Å². The predicted molar refractivity (Wildman–Crippen MR) is 144 cm³/mol. The zero-order chi connectivity index (χ0) is 29.4. The van der Waals surface area contributed by atoms with E-state index in [1.807, 2.05) is 6.92 Å². The molecule has 0 unspecified atom stereocenters. The summed E-state index contributed by atoms with van der Waals surface area (Å²) in [5.74, 6) is -0.493. The van der Waals surface area contributed by atoms with E-state index in [4.69, 9.17) is 5.73 Å². The minimum atomic E-state index is -4.47. The van der Waals surface area contributed by atoms with Crippen molar-refractivity contribution in [1.82, 2.24) is 9.97 Å². The molecular formula is C27H19F6N3O2S2.